The van der Waals surface area contributed by atoms with Crippen LogP contribution in [0.1, 0.15) is 34.7 Å². The lowest BCUT2D eigenvalue weighted by molar-refractivity contribution is -0.116. The molecule has 0 bridgehead atoms. The van der Waals surface area contributed by atoms with Crippen molar-refractivity contribution in [2.75, 3.05) is 12.4 Å². The zero-order valence-corrected chi connectivity index (χ0v) is 20.9. The third-order valence-corrected chi connectivity index (χ3v) is 6.58. The number of methoxy groups -OCH3 is 1. The Balaban J connectivity index is 1.64. The highest BCUT2D eigenvalue weighted by Gasteiger charge is 2.14. The molecule has 180 valence electrons. The van der Waals surface area contributed by atoms with Gasteiger partial charge >= 0.3 is 0 Å². The summed E-state index contributed by atoms with van der Waals surface area (Å²) in [6.07, 6.45) is 2.37. The summed E-state index contributed by atoms with van der Waals surface area (Å²) in [6, 6.07) is 21.9. The van der Waals surface area contributed by atoms with Gasteiger partial charge in [0.05, 0.1) is 12.6 Å². The highest BCUT2D eigenvalue weighted by Crippen LogP contribution is 2.22. The quantitative estimate of drug-likeness (QED) is 0.365. The largest absolute Gasteiger partial charge is 0.497 e. The molecule has 35 heavy (non-hydrogen) atoms. The molecule has 3 aromatic carbocycles. The van der Waals surface area contributed by atoms with Crippen molar-refractivity contribution in [3.8, 4) is 5.75 Å². The molecule has 0 aliphatic heterocycles. The lowest BCUT2D eigenvalue weighted by Crippen LogP contribution is -2.30. The van der Waals surface area contributed by atoms with Crippen LogP contribution in [-0.2, 0) is 30.6 Å². The molecule has 5 heteroatoms. The van der Waals surface area contributed by atoms with E-state index in [9.17, 15) is 9.59 Å². The molecule has 0 aliphatic carbocycles. The molecular weight excluding hydrogens is 436 g/mol. The van der Waals surface area contributed by atoms with Gasteiger partial charge in [-0.05, 0) is 91.1 Å². The number of anilines is 1. The Hall–Kier alpha value is -3.86. The zero-order chi connectivity index (χ0) is 24.9. The van der Waals surface area contributed by atoms with Crippen molar-refractivity contribution in [2.24, 2.45) is 0 Å². The minimum absolute atomic E-state index is 0.0749. The zero-order valence-electron chi connectivity index (χ0n) is 20.9. The average Bonchev–Trinajstić information content (AvgIpc) is 2.87. The average molecular weight is 469 g/mol. The molecule has 1 heterocycles. The van der Waals surface area contributed by atoms with Crippen molar-refractivity contribution in [1.82, 2.24) is 4.57 Å². The maximum atomic E-state index is 13.5. The second-order valence-corrected chi connectivity index (χ2v) is 9.00. The number of aryl methyl sites for hydroxylation is 5. The lowest BCUT2D eigenvalue weighted by Gasteiger charge is -2.15. The van der Waals surface area contributed by atoms with Crippen molar-refractivity contribution in [3.63, 3.8) is 0 Å². The van der Waals surface area contributed by atoms with E-state index < -0.39 is 0 Å². The summed E-state index contributed by atoms with van der Waals surface area (Å²) in [4.78, 5) is 26.5. The molecule has 0 saturated carbocycles. The normalized spacial score (nSPS) is 11.0. The second-order valence-electron chi connectivity index (χ2n) is 9.00. The first-order valence-electron chi connectivity index (χ1n) is 12.0. The van der Waals surface area contributed by atoms with E-state index in [1.54, 1.807) is 11.7 Å². The van der Waals surface area contributed by atoms with Gasteiger partial charge in [-0.1, -0.05) is 37.3 Å². The summed E-state index contributed by atoms with van der Waals surface area (Å²) in [7, 11) is 1.59. The minimum Gasteiger partial charge on any atom is -0.497 e. The number of amides is 1. The van der Waals surface area contributed by atoms with Crippen LogP contribution in [0.4, 0.5) is 5.69 Å². The van der Waals surface area contributed by atoms with E-state index in [2.05, 4.69) is 36.5 Å². The van der Waals surface area contributed by atoms with E-state index in [1.807, 2.05) is 56.3 Å². The first-order chi connectivity index (χ1) is 16.9. The molecule has 5 nitrogen and oxygen atoms in total. The van der Waals surface area contributed by atoms with E-state index in [0.717, 1.165) is 35.0 Å². The monoisotopic (exact) mass is 468 g/mol. The van der Waals surface area contributed by atoms with Crippen LogP contribution in [0.15, 0.2) is 71.5 Å². The van der Waals surface area contributed by atoms with Crippen LogP contribution in [0.5, 0.6) is 5.75 Å². The minimum atomic E-state index is -0.244. The van der Waals surface area contributed by atoms with E-state index in [1.165, 1.54) is 11.1 Å². The van der Waals surface area contributed by atoms with Gasteiger partial charge in [0.2, 0.25) is 5.91 Å². The summed E-state index contributed by atoms with van der Waals surface area (Å²) >= 11 is 0. The summed E-state index contributed by atoms with van der Waals surface area (Å²) in [5.41, 5.74) is 6.70. The number of rotatable bonds is 8. The molecule has 4 aromatic rings. The van der Waals surface area contributed by atoms with Crippen LogP contribution in [0.25, 0.3) is 10.9 Å². The van der Waals surface area contributed by atoms with Gasteiger partial charge in [-0.2, -0.15) is 0 Å². The number of fused-ring (bicyclic) bond motifs is 1. The van der Waals surface area contributed by atoms with Gasteiger partial charge in [0, 0.05) is 17.3 Å². The van der Waals surface area contributed by atoms with Crippen molar-refractivity contribution in [2.45, 2.75) is 46.6 Å². The molecule has 1 amide bonds. The molecule has 4 rings (SSSR count). The van der Waals surface area contributed by atoms with E-state index >= 15 is 0 Å². The Kier molecular flexibility index (Phi) is 7.35. The van der Waals surface area contributed by atoms with Gasteiger partial charge in [-0.25, -0.2) is 0 Å². The number of carbonyl (C=O) groups excluding carboxylic acids is 1. The highest BCUT2D eigenvalue weighted by atomic mass is 16.5. The SMILES string of the molecule is CCc1ccc(CCc2cc3ccc(OC)cc3n(CC(=O)Nc3ccc(C)c(C)c3)c2=O)cc1. The Bertz CT molecular complexity index is 1420. The van der Waals surface area contributed by atoms with Gasteiger partial charge < -0.3 is 10.1 Å². The topological polar surface area (TPSA) is 60.3 Å². The Morgan fingerprint density at radius 3 is 2.31 bits per heavy atom. The van der Waals surface area contributed by atoms with Gasteiger partial charge in [0.15, 0.2) is 0 Å². The number of ether oxygens (including phenoxy) is 1. The second kappa shape index (κ2) is 10.6. The number of pyridine rings is 1. The van der Waals surface area contributed by atoms with E-state index in [4.69, 9.17) is 4.74 Å². The van der Waals surface area contributed by atoms with Crippen LogP contribution in [-0.4, -0.2) is 17.6 Å². The predicted molar refractivity (Wildman–Crippen MR) is 143 cm³/mol. The Morgan fingerprint density at radius 2 is 1.63 bits per heavy atom. The molecule has 0 atom stereocenters. The number of nitrogens with one attached hydrogen (secondary N) is 1. The number of aromatic nitrogens is 1. The third-order valence-electron chi connectivity index (χ3n) is 6.58. The Labute approximate surface area is 206 Å². The Morgan fingerprint density at radius 1 is 0.886 bits per heavy atom. The molecule has 0 spiro atoms. The van der Waals surface area contributed by atoms with Crippen LogP contribution >= 0.6 is 0 Å². The number of carbonyl (C=O) groups is 1. The summed E-state index contributed by atoms with van der Waals surface area (Å²) < 4.78 is 6.94. The number of nitrogens with zero attached hydrogens (tertiary/aromatic N) is 1. The van der Waals surface area contributed by atoms with E-state index in [-0.39, 0.29) is 18.0 Å². The highest BCUT2D eigenvalue weighted by molar-refractivity contribution is 5.92. The van der Waals surface area contributed by atoms with Gasteiger partial charge in [-0.15, -0.1) is 0 Å². The fraction of sp³-hybridized carbons (Fsp3) is 0.267. The summed E-state index contributed by atoms with van der Waals surface area (Å²) in [5, 5.41) is 3.84. The van der Waals surface area contributed by atoms with Crippen LogP contribution in [0, 0.1) is 13.8 Å². The molecule has 0 unspecified atom stereocenters. The van der Waals surface area contributed by atoms with Crippen molar-refractivity contribution in [1.29, 1.82) is 0 Å². The van der Waals surface area contributed by atoms with Gasteiger partial charge in [-0.3, -0.25) is 14.2 Å². The number of hydrogen-bond donors (Lipinski definition) is 1. The molecule has 0 aliphatic rings. The summed E-state index contributed by atoms with van der Waals surface area (Å²) in [5.74, 6) is 0.399. The van der Waals surface area contributed by atoms with Crippen molar-refractivity contribution in [3.05, 3.63) is 105 Å². The fourth-order valence-electron chi connectivity index (χ4n) is 4.26. The predicted octanol–water partition coefficient (Wildman–Crippen LogP) is 5.61. The first kappa shape index (κ1) is 24.3. The molecule has 0 fully saturated rings. The standard InChI is InChI=1S/C30H32N2O3/c1-5-22-7-9-23(10-8-22)11-12-25-17-24-13-15-27(35-4)18-28(24)32(30(25)34)19-29(33)31-26-14-6-20(2)21(3)16-26/h6-10,13-18H,5,11-12,19H2,1-4H3,(H,31,33). The molecule has 0 radical (unpaired) electrons. The summed E-state index contributed by atoms with van der Waals surface area (Å²) in [6.45, 7) is 6.10. The van der Waals surface area contributed by atoms with Crippen LogP contribution in [0.3, 0.4) is 0 Å². The smallest absolute Gasteiger partial charge is 0.254 e. The van der Waals surface area contributed by atoms with Gasteiger partial charge in [0.25, 0.3) is 5.56 Å². The number of hydrogen-bond acceptors (Lipinski definition) is 3. The lowest BCUT2D eigenvalue weighted by atomic mass is 10.0. The van der Waals surface area contributed by atoms with Crippen molar-refractivity contribution >= 4 is 22.5 Å². The molecular formula is C30H32N2O3. The van der Waals surface area contributed by atoms with E-state index in [0.29, 0.717) is 23.3 Å². The van der Waals surface area contributed by atoms with Crippen LogP contribution < -0.4 is 15.6 Å². The molecule has 1 N–H and O–H groups in total. The third kappa shape index (κ3) is 5.62. The first-order valence-corrected chi connectivity index (χ1v) is 12.0. The molecule has 0 saturated heterocycles. The fourth-order valence-corrected chi connectivity index (χ4v) is 4.26. The maximum absolute atomic E-state index is 13.5. The maximum Gasteiger partial charge on any atom is 0.254 e. The van der Waals surface area contributed by atoms with Crippen molar-refractivity contribution < 1.29 is 9.53 Å². The van der Waals surface area contributed by atoms with Crippen LogP contribution in [0.2, 0.25) is 0 Å². The number of benzene rings is 3. The van der Waals surface area contributed by atoms with Gasteiger partial charge in [0.1, 0.15) is 12.3 Å². The molecule has 1 aromatic heterocycles.